The summed E-state index contributed by atoms with van der Waals surface area (Å²) >= 11 is 0. The molecule has 0 spiro atoms. The molecule has 4 heteroatoms. The van der Waals surface area contributed by atoms with E-state index in [1.54, 1.807) is 0 Å². The van der Waals surface area contributed by atoms with Crippen LogP contribution in [0.5, 0.6) is 0 Å². The summed E-state index contributed by atoms with van der Waals surface area (Å²) < 4.78 is 2.00. The number of hydrogen-bond donors (Lipinski definition) is 1. The molecule has 0 bridgehead atoms. The van der Waals surface area contributed by atoms with Gasteiger partial charge in [-0.1, -0.05) is 6.92 Å². The number of aliphatic hydroxyl groups is 1. The molecular weight excluding hydrogens is 250 g/mol. The molecule has 2 rings (SSSR count). The minimum absolute atomic E-state index is 0.170. The molecule has 0 aromatic carbocycles. The topological polar surface area (TPSA) is 41.3 Å². The molecule has 2 atom stereocenters. The average Bonchev–Trinajstić information content (AvgIpc) is 3.08. The highest BCUT2D eigenvalue weighted by molar-refractivity contribution is 5.05. The number of rotatable bonds is 6. The summed E-state index contributed by atoms with van der Waals surface area (Å²) in [6, 6.07) is 2.46. The summed E-state index contributed by atoms with van der Waals surface area (Å²) in [5, 5.41) is 15.2. The molecular formula is C16H29N3O. The van der Waals surface area contributed by atoms with E-state index in [0.29, 0.717) is 12.5 Å². The molecule has 1 aromatic rings. The van der Waals surface area contributed by atoms with Crippen LogP contribution in [0.1, 0.15) is 58.7 Å². The van der Waals surface area contributed by atoms with Gasteiger partial charge in [-0.25, -0.2) is 0 Å². The van der Waals surface area contributed by atoms with Crippen molar-refractivity contribution < 1.29 is 5.11 Å². The van der Waals surface area contributed by atoms with Gasteiger partial charge in [0.15, 0.2) is 0 Å². The van der Waals surface area contributed by atoms with E-state index in [2.05, 4.69) is 37.7 Å². The molecule has 1 N–H and O–H groups in total. The van der Waals surface area contributed by atoms with E-state index in [0.717, 1.165) is 25.2 Å². The zero-order chi connectivity index (χ0) is 14.8. The fourth-order valence-electron chi connectivity index (χ4n) is 2.87. The molecule has 0 aliphatic carbocycles. The third kappa shape index (κ3) is 3.23. The van der Waals surface area contributed by atoms with Crippen LogP contribution in [-0.4, -0.2) is 44.5 Å². The second-order valence-electron chi connectivity index (χ2n) is 6.61. The molecule has 1 aliphatic rings. The normalized spacial score (nSPS) is 20.2. The lowest BCUT2D eigenvalue weighted by Crippen LogP contribution is -2.52. The highest BCUT2D eigenvalue weighted by atomic mass is 16.3. The van der Waals surface area contributed by atoms with Crippen LogP contribution in [0.4, 0.5) is 0 Å². The maximum absolute atomic E-state index is 10.6. The molecule has 1 saturated heterocycles. The van der Waals surface area contributed by atoms with E-state index in [4.69, 9.17) is 0 Å². The summed E-state index contributed by atoms with van der Waals surface area (Å²) in [5.74, 6) is 0. The quantitative estimate of drug-likeness (QED) is 0.870. The van der Waals surface area contributed by atoms with Gasteiger partial charge in [0.05, 0.1) is 11.8 Å². The predicted molar refractivity (Wildman–Crippen MR) is 81.8 cm³/mol. The van der Waals surface area contributed by atoms with Gasteiger partial charge in [0, 0.05) is 24.2 Å². The lowest BCUT2D eigenvalue weighted by molar-refractivity contribution is 0.00276. The zero-order valence-corrected chi connectivity index (χ0v) is 13.3. The van der Waals surface area contributed by atoms with Crippen molar-refractivity contribution in [2.75, 3.05) is 13.1 Å². The maximum Gasteiger partial charge on any atom is 0.0774 e. The van der Waals surface area contributed by atoms with Crippen molar-refractivity contribution in [2.24, 2.45) is 0 Å². The third-order valence-corrected chi connectivity index (χ3v) is 4.85. The van der Waals surface area contributed by atoms with E-state index in [1.807, 2.05) is 16.9 Å². The summed E-state index contributed by atoms with van der Waals surface area (Å²) in [5.41, 5.74) is 0.821. The van der Waals surface area contributed by atoms with Crippen LogP contribution in [0.3, 0.4) is 0 Å². The van der Waals surface area contributed by atoms with Crippen molar-refractivity contribution in [3.05, 3.63) is 18.0 Å². The first-order valence-electron chi connectivity index (χ1n) is 7.92. The van der Waals surface area contributed by atoms with Crippen LogP contribution in [-0.2, 0) is 6.42 Å². The molecule has 0 radical (unpaired) electrons. The highest BCUT2D eigenvalue weighted by Gasteiger charge is 2.36. The Morgan fingerprint density at radius 2 is 2.00 bits per heavy atom. The van der Waals surface area contributed by atoms with Crippen molar-refractivity contribution in [1.29, 1.82) is 0 Å². The first-order chi connectivity index (χ1) is 9.45. The van der Waals surface area contributed by atoms with Crippen molar-refractivity contribution >= 4 is 0 Å². The van der Waals surface area contributed by atoms with Crippen LogP contribution < -0.4 is 0 Å². The van der Waals surface area contributed by atoms with Crippen molar-refractivity contribution in [3.63, 3.8) is 0 Å². The molecule has 1 fully saturated rings. The van der Waals surface area contributed by atoms with E-state index in [1.165, 1.54) is 12.8 Å². The number of hydrogen-bond acceptors (Lipinski definition) is 3. The van der Waals surface area contributed by atoms with E-state index >= 15 is 0 Å². The largest absolute Gasteiger partial charge is 0.391 e. The van der Waals surface area contributed by atoms with Crippen molar-refractivity contribution in [2.45, 2.75) is 71.1 Å². The number of likely N-dealkylation sites (tertiary alicyclic amines) is 1. The number of aliphatic hydroxyl groups excluding tert-OH is 1. The maximum atomic E-state index is 10.6. The van der Waals surface area contributed by atoms with Gasteiger partial charge in [-0.15, -0.1) is 0 Å². The fourth-order valence-corrected chi connectivity index (χ4v) is 2.87. The average molecular weight is 279 g/mol. The van der Waals surface area contributed by atoms with Gasteiger partial charge in [0.1, 0.15) is 0 Å². The molecule has 1 aliphatic heterocycles. The minimum Gasteiger partial charge on any atom is -0.391 e. The first-order valence-corrected chi connectivity index (χ1v) is 7.92. The Bertz CT molecular complexity index is 421. The fraction of sp³-hybridized carbons (Fsp3) is 0.812. The smallest absolute Gasteiger partial charge is 0.0774 e. The summed E-state index contributed by atoms with van der Waals surface area (Å²) in [6.07, 6.45) is 5.85. The Morgan fingerprint density at radius 3 is 2.60 bits per heavy atom. The molecule has 0 amide bonds. The number of nitrogens with zero attached hydrogens (tertiary/aromatic N) is 3. The Kier molecular flexibility index (Phi) is 4.86. The molecule has 2 heterocycles. The van der Waals surface area contributed by atoms with Gasteiger partial charge in [-0.2, -0.15) is 5.10 Å². The molecule has 2 unspecified atom stereocenters. The second-order valence-corrected chi connectivity index (χ2v) is 6.61. The Morgan fingerprint density at radius 1 is 1.35 bits per heavy atom. The van der Waals surface area contributed by atoms with Crippen molar-refractivity contribution in [1.82, 2.24) is 14.7 Å². The van der Waals surface area contributed by atoms with Crippen LogP contribution in [0.2, 0.25) is 0 Å². The summed E-state index contributed by atoms with van der Waals surface area (Å²) in [4.78, 5) is 2.41. The van der Waals surface area contributed by atoms with Crippen LogP contribution in [0, 0.1) is 0 Å². The minimum atomic E-state index is -0.374. The van der Waals surface area contributed by atoms with Crippen LogP contribution in [0.15, 0.2) is 12.3 Å². The monoisotopic (exact) mass is 279 g/mol. The molecule has 1 aromatic heterocycles. The summed E-state index contributed by atoms with van der Waals surface area (Å²) in [6.45, 7) is 10.8. The van der Waals surface area contributed by atoms with E-state index in [9.17, 15) is 5.11 Å². The van der Waals surface area contributed by atoms with Crippen LogP contribution >= 0.6 is 0 Å². The van der Waals surface area contributed by atoms with Gasteiger partial charge in [0.2, 0.25) is 0 Å². The highest BCUT2D eigenvalue weighted by Crippen LogP contribution is 2.26. The molecule has 114 valence electrons. The zero-order valence-electron chi connectivity index (χ0n) is 13.3. The lowest BCUT2D eigenvalue weighted by Gasteiger charge is -2.39. The second kappa shape index (κ2) is 6.27. The van der Waals surface area contributed by atoms with Gasteiger partial charge in [-0.3, -0.25) is 9.58 Å². The molecule has 20 heavy (non-hydrogen) atoms. The van der Waals surface area contributed by atoms with E-state index < -0.39 is 0 Å². The molecule has 0 saturated carbocycles. The third-order valence-electron chi connectivity index (χ3n) is 4.85. The predicted octanol–water partition coefficient (Wildman–Crippen LogP) is 2.63. The van der Waals surface area contributed by atoms with E-state index in [-0.39, 0.29) is 11.6 Å². The SMILES string of the molecule is CCC(C)n1ccc(CC(O)C(C)(C)N2CCCC2)n1. The van der Waals surface area contributed by atoms with Gasteiger partial charge >= 0.3 is 0 Å². The standard InChI is InChI=1S/C16H29N3O/c1-5-13(2)19-11-8-14(17-19)12-15(20)16(3,4)18-9-6-7-10-18/h8,11,13,15,20H,5-7,9-10,12H2,1-4H3. The summed E-state index contributed by atoms with van der Waals surface area (Å²) in [7, 11) is 0. The first kappa shape index (κ1) is 15.5. The van der Waals surface area contributed by atoms with Gasteiger partial charge in [0.25, 0.3) is 0 Å². The van der Waals surface area contributed by atoms with Gasteiger partial charge in [-0.05, 0) is 59.2 Å². The van der Waals surface area contributed by atoms with Crippen LogP contribution in [0.25, 0.3) is 0 Å². The lowest BCUT2D eigenvalue weighted by atomic mass is 9.92. The van der Waals surface area contributed by atoms with Crippen molar-refractivity contribution in [3.8, 4) is 0 Å². The Hall–Kier alpha value is -0.870. The Labute approximate surface area is 122 Å². The molecule has 4 nitrogen and oxygen atoms in total. The van der Waals surface area contributed by atoms with Gasteiger partial charge < -0.3 is 5.11 Å². The Balaban J connectivity index is 1.99. The number of aromatic nitrogens is 2.